The van der Waals surface area contributed by atoms with Gasteiger partial charge >= 0.3 is 0 Å². The Balaban J connectivity index is 2.39. The molecular formula is C13H11ClFNO2S. The molecule has 0 aliphatic carbocycles. The summed E-state index contributed by atoms with van der Waals surface area (Å²) in [6.45, 7) is 1.74. The second-order valence-electron chi connectivity index (χ2n) is 3.99. The minimum Gasteiger partial charge on any atom is -0.278 e. The molecule has 0 fully saturated rings. The molecule has 6 heteroatoms. The van der Waals surface area contributed by atoms with Gasteiger partial charge in [0.2, 0.25) is 0 Å². The maximum atomic E-state index is 12.8. The van der Waals surface area contributed by atoms with E-state index in [-0.39, 0.29) is 4.90 Å². The minimum atomic E-state index is -3.78. The van der Waals surface area contributed by atoms with E-state index in [0.717, 1.165) is 12.1 Å². The number of halogens is 2. The molecular weight excluding hydrogens is 289 g/mol. The number of hydrogen-bond donors (Lipinski definition) is 1. The molecule has 0 aliphatic heterocycles. The molecule has 2 aromatic rings. The Hall–Kier alpha value is -1.59. The zero-order valence-corrected chi connectivity index (χ0v) is 11.6. The van der Waals surface area contributed by atoms with Crippen LogP contribution in [0.5, 0.6) is 0 Å². The summed E-state index contributed by atoms with van der Waals surface area (Å²) < 4.78 is 39.5. The molecule has 0 saturated heterocycles. The highest BCUT2D eigenvalue weighted by Gasteiger charge is 2.16. The summed E-state index contributed by atoms with van der Waals surface area (Å²) >= 11 is 5.96. The standard InChI is InChI=1S/C13H11ClFNO2S/c1-9-3-2-4-12(14)13(9)16-19(17,18)11-7-5-10(15)6-8-11/h2-8,16H,1H3. The smallest absolute Gasteiger partial charge is 0.261 e. The lowest BCUT2D eigenvalue weighted by Gasteiger charge is -2.12. The van der Waals surface area contributed by atoms with Gasteiger partial charge in [-0.2, -0.15) is 0 Å². The molecule has 0 aromatic heterocycles. The second-order valence-corrected chi connectivity index (χ2v) is 6.08. The molecule has 2 aromatic carbocycles. The number of sulfonamides is 1. The maximum absolute atomic E-state index is 12.8. The molecule has 0 radical (unpaired) electrons. The first-order valence-corrected chi connectivity index (χ1v) is 7.30. The normalized spacial score (nSPS) is 11.3. The van der Waals surface area contributed by atoms with Crippen LogP contribution in [0.2, 0.25) is 5.02 Å². The molecule has 3 nitrogen and oxygen atoms in total. The molecule has 0 unspecified atom stereocenters. The van der Waals surface area contributed by atoms with E-state index in [2.05, 4.69) is 4.72 Å². The quantitative estimate of drug-likeness (QED) is 0.941. The van der Waals surface area contributed by atoms with E-state index in [1.807, 2.05) is 0 Å². The van der Waals surface area contributed by atoms with E-state index in [9.17, 15) is 12.8 Å². The Kier molecular flexibility index (Phi) is 3.78. The van der Waals surface area contributed by atoms with Crippen LogP contribution < -0.4 is 4.72 Å². The Morgan fingerprint density at radius 2 is 1.74 bits per heavy atom. The molecule has 19 heavy (non-hydrogen) atoms. The summed E-state index contributed by atoms with van der Waals surface area (Å²) in [6.07, 6.45) is 0. The van der Waals surface area contributed by atoms with Crippen molar-refractivity contribution in [3.8, 4) is 0 Å². The summed E-state index contributed by atoms with van der Waals surface area (Å²) in [4.78, 5) is -0.0202. The average molecular weight is 300 g/mol. The zero-order chi connectivity index (χ0) is 14.0. The molecule has 0 aliphatic rings. The Morgan fingerprint density at radius 3 is 2.32 bits per heavy atom. The number of rotatable bonds is 3. The van der Waals surface area contributed by atoms with E-state index < -0.39 is 15.8 Å². The third kappa shape index (κ3) is 3.05. The first-order valence-electron chi connectivity index (χ1n) is 5.43. The zero-order valence-electron chi connectivity index (χ0n) is 10.0. The molecule has 0 amide bonds. The predicted octanol–water partition coefficient (Wildman–Crippen LogP) is 3.59. The van der Waals surface area contributed by atoms with Gasteiger partial charge in [0.15, 0.2) is 0 Å². The number of nitrogens with one attached hydrogen (secondary N) is 1. The molecule has 0 spiro atoms. The van der Waals surface area contributed by atoms with Gasteiger partial charge < -0.3 is 0 Å². The topological polar surface area (TPSA) is 46.2 Å². The fraction of sp³-hybridized carbons (Fsp3) is 0.0769. The highest BCUT2D eigenvalue weighted by Crippen LogP contribution is 2.27. The van der Waals surface area contributed by atoms with Crippen LogP contribution in [0.15, 0.2) is 47.4 Å². The van der Waals surface area contributed by atoms with Gasteiger partial charge in [0, 0.05) is 0 Å². The Morgan fingerprint density at radius 1 is 1.11 bits per heavy atom. The monoisotopic (exact) mass is 299 g/mol. The van der Waals surface area contributed by atoms with Crippen LogP contribution in [-0.2, 0) is 10.0 Å². The van der Waals surface area contributed by atoms with Crippen molar-refractivity contribution in [2.24, 2.45) is 0 Å². The Labute approximate surface area is 116 Å². The number of hydrogen-bond acceptors (Lipinski definition) is 2. The van der Waals surface area contributed by atoms with Crippen LogP contribution in [0.4, 0.5) is 10.1 Å². The number of anilines is 1. The van der Waals surface area contributed by atoms with Crippen molar-refractivity contribution in [3.05, 3.63) is 58.9 Å². The van der Waals surface area contributed by atoms with Crippen molar-refractivity contribution < 1.29 is 12.8 Å². The van der Waals surface area contributed by atoms with Gasteiger partial charge in [0.05, 0.1) is 15.6 Å². The average Bonchev–Trinajstić information content (AvgIpc) is 2.35. The second kappa shape index (κ2) is 5.19. The number of aryl methyl sites for hydroxylation is 1. The lowest BCUT2D eigenvalue weighted by atomic mass is 10.2. The molecule has 0 atom stereocenters. The lowest BCUT2D eigenvalue weighted by molar-refractivity contribution is 0.599. The van der Waals surface area contributed by atoms with E-state index >= 15 is 0 Å². The van der Waals surface area contributed by atoms with Crippen LogP contribution in [0.25, 0.3) is 0 Å². The number of para-hydroxylation sites is 1. The van der Waals surface area contributed by atoms with Crippen LogP contribution in [-0.4, -0.2) is 8.42 Å². The first-order chi connectivity index (χ1) is 8.90. The SMILES string of the molecule is Cc1cccc(Cl)c1NS(=O)(=O)c1ccc(F)cc1. The van der Waals surface area contributed by atoms with Crippen molar-refractivity contribution in [3.63, 3.8) is 0 Å². The summed E-state index contributed by atoms with van der Waals surface area (Å²) in [5, 5.41) is 0.311. The lowest BCUT2D eigenvalue weighted by Crippen LogP contribution is -2.14. The van der Waals surface area contributed by atoms with E-state index in [4.69, 9.17) is 11.6 Å². The van der Waals surface area contributed by atoms with Crippen LogP contribution >= 0.6 is 11.6 Å². The van der Waals surface area contributed by atoms with Crippen molar-refractivity contribution in [1.29, 1.82) is 0 Å². The molecule has 0 saturated carbocycles. The van der Waals surface area contributed by atoms with Gasteiger partial charge in [-0.15, -0.1) is 0 Å². The van der Waals surface area contributed by atoms with Crippen molar-refractivity contribution >= 4 is 27.3 Å². The third-order valence-electron chi connectivity index (χ3n) is 2.58. The van der Waals surface area contributed by atoms with E-state index in [1.54, 1.807) is 25.1 Å². The van der Waals surface area contributed by atoms with Crippen LogP contribution in [0.3, 0.4) is 0 Å². The third-order valence-corrected chi connectivity index (χ3v) is 4.26. The van der Waals surface area contributed by atoms with Gasteiger partial charge in [0.25, 0.3) is 10.0 Å². The summed E-state index contributed by atoms with van der Waals surface area (Å²) in [5.74, 6) is -0.493. The summed E-state index contributed by atoms with van der Waals surface area (Å²) in [7, 11) is -3.78. The Bertz CT molecular complexity index is 679. The minimum absolute atomic E-state index is 0.0202. The van der Waals surface area contributed by atoms with E-state index in [1.165, 1.54) is 12.1 Å². The van der Waals surface area contributed by atoms with Crippen LogP contribution in [0, 0.1) is 12.7 Å². The maximum Gasteiger partial charge on any atom is 0.261 e. The number of benzene rings is 2. The molecule has 0 heterocycles. The summed E-state index contributed by atoms with van der Waals surface area (Å²) in [6, 6.07) is 9.65. The predicted molar refractivity (Wildman–Crippen MR) is 73.4 cm³/mol. The van der Waals surface area contributed by atoms with Crippen LogP contribution in [0.1, 0.15) is 5.56 Å². The summed E-state index contributed by atoms with van der Waals surface area (Å²) in [5.41, 5.74) is 1.03. The molecule has 1 N–H and O–H groups in total. The van der Waals surface area contributed by atoms with Gasteiger partial charge in [-0.1, -0.05) is 23.7 Å². The van der Waals surface area contributed by atoms with Crippen molar-refractivity contribution in [2.75, 3.05) is 4.72 Å². The van der Waals surface area contributed by atoms with Crippen molar-refractivity contribution in [1.82, 2.24) is 0 Å². The molecule has 2 rings (SSSR count). The molecule has 100 valence electrons. The fourth-order valence-corrected chi connectivity index (χ4v) is 3.05. The highest BCUT2D eigenvalue weighted by molar-refractivity contribution is 7.92. The largest absolute Gasteiger partial charge is 0.278 e. The first kappa shape index (κ1) is 13.8. The van der Waals surface area contributed by atoms with Gasteiger partial charge in [-0.25, -0.2) is 12.8 Å². The molecule has 0 bridgehead atoms. The van der Waals surface area contributed by atoms with Gasteiger partial charge in [-0.05, 0) is 42.8 Å². The highest BCUT2D eigenvalue weighted by atomic mass is 35.5. The van der Waals surface area contributed by atoms with E-state index in [0.29, 0.717) is 16.3 Å². The van der Waals surface area contributed by atoms with Gasteiger partial charge in [-0.3, -0.25) is 4.72 Å². The van der Waals surface area contributed by atoms with Crippen molar-refractivity contribution in [2.45, 2.75) is 11.8 Å². The van der Waals surface area contributed by atoms with Gasteiger partial charge in [0.1, 0.15) is 5.82 Å². The fourth-order valence-electron chi connectivity index (χ4n) is 1.57.